The van der Waals surface area contributed by atoms with E-state index in [1.54, 1.807) is 12.1 Å². The average Bonchev–Trinajstić information content (AvgIpc) is 2.46. The highest BCUT2D eigenvalue weighted by molar-refractivity contribution is 9.11. The molecule has 6 heteroatoms. The first-order valence-corrected chi connectivity index (χ1v) is 6.31. The number of hydrogen-bond donors (Lipinski definition) is 1. The molecule has 0 aliphatic carbocycles. The van der Waals surface area contributed by atoms with Crippen LogP contribution in [0.1, 0.15) is 0 Å². The summed E-state index contributed by atoms with van der Waals surface area (Å²) in [5, 5.41) is 1.96. The van der Waals surface area contributed by atoms with Gasteiger partial charge in [0.1, 0.15) is 14.6 Å². The molecule has 1 aromatic carbocycles. The molecule has 0 aliphatic rings. The van der Waals surface area contributed by atoms with Gasteiger partial charge in [0.25, 0.3) is 0 Å². The number of nitrogen functional groups attached to an aromatic ring is 1. The third-order valence-electron chi connectivity index (χ3n) is 1.77. The predicted molar refractivity (Wildman–Crippen MR) is 69.7 cm³/mol. The van der Waals surface area contributed by atoms with Crippen LogP contribution in [0.3, 0.4) is 0 Å². The minimum Gasteiger partial charge on any atom is -0.382 e. The van der Waals surface area contributed by atoms with Crippen molar-refractivity contribution in [3.63, 3.8) is 0 Å². The van der Waals surface area contributed by atoms with Crippen molar-refractivity contribution < 1.29 is 0 Å². The van der Waals surface area contributed by atoms with E-state index in [0.717, 1.165) is 14.4 Å². The van der Waals surface area contributed by atoms with Gasteiger partial charge < -0.3 is 5.73 Å². The summed E-state index contributed by atoms with van der Waals surface area (Å²) >= 11 is 16.6. The van der Waals surface area contributed by atoms with Crippen LogP contribution in [0.25, 0.3) is 10.6 Å². The molecule has 15 heavy (non-hydrogen) atoms. The van der Waals surface area contributed by atoms with Crippen LogP contribution in [0.2, 0.25) is 10.0 Å². The van der Waals surface area contributed by atoms with Crippen LogP contribution in [-0.4, -0.2) is 4.98 Å². The van der Waals surface area contributed by atoms with Crippen molar-refractivity contribution in [3.05, 3.63) is 32.0 Å². The molecule has 78 valence electrons. The minimum atomic E-state index is 0.473. The van der Waals surface area contributed by atoms with Gasteiger partial charge in [-0.25, -0.2) is 4.98 Å². The Kier molecular flexibility index (Phi) is 3.21. The minimum absolute atomic E-state index is 0.473. The molecule has 0 atom stereocenters. The van der Waals surface area contributed by atoms with Gasteiger partial charge in [-0.05, 0) is 34.1 Å². The fourth-order valence-corrected chi connectivity index (χ4v) is 2.95. The number of anilines is 1. The van der Waals surface area contributed by atoms with Crippen molar-refractivity contribution in [3.8, 4) is 10.6 Å². The first kappa shape index (κ1) is 11.2. The van der Waals surface area contributed by atoms with Gasteiger partial charge in [0, 0.05) is 10.6 Å². The number of nitrogens with two attached hydrogens (primary N) is 1. The highest BCUT2D eigenvalue weighted by Crippen LogP contribution is 2.37. The molecular weight excluding hydrogens is 319 g/mol. The molecule has 0 aliphatic heterocycles. The molecule has 2 N–H and O–H groups in total. The molecular formula is C9H5BrCl2N2S. The molecule has 1 heterocycles. The second-order valence-electron chi connectivity index (χ2n) is 2.80. The zero-order valence-electron chi connectivity index (χ0n) is 7.30. The maximum absolute atomic E-state index is 6.05. The van der Waals surface area contributed by atoms with Crippen LogP contribution in [0.5, 0.6) is 0 Å². The van der Waals surface area contributed by atoms with Gasteiger partial charge >= 0.3 is 0 Å². The SMILES string of the molecule is Nc1nc(-c2ccc(Cl)cc2Cl)sc1Br. The third-order valence-corrected chi connectivity index (χ3v) is 4.10. The van der Waals surface area contributed by atoms with Gasteiger partial charge in [-0.15, -0.1) is 11.3 Å². The second kappa shape index (κ2) is 4.29. The normalized spacial score (nSPS) is 10.6. The van der Waals surface area contributed by atoms with Gasteiger partial charge in [-0.1, -0.05) is 23.2 Å². The third kappa shape index (κ3) is 2.28. The molecule has 0 bridgehead atoms. The summed E-state index contributed by atoms with van der Waals surface area (Å²) in [6.07, 6.45) is 0. The number of benzene rings is 1. The quantitative estimate of drug-likeness (QED) is 0.841. The molecule has 2 aromatic rings. The number of rotatable bonds is 1. The average molecular weight is 324 g/mol. The van der Waals surface area contributed by atoms with Gasteiger partial charge in [-0.3, -0.25) is 0 Å². The van der Waals surface area contributed by atoms with E-state index in [1.807, 2.05) is 6.07 Å². The molecule has 2 nitrogen and oxygen atoms in total. The molecule has 0 amide bonds. The lowest BCUT2D eigenvalue weighted by molar-refractivity contribution is 1.41. The lowest BCUT2D eigenvalue weighted by Gasteiger charge is -1.99. The lowest BCUT2D eigenvalue weighted by atomic mass is 10.2. The highest BCUT2D eigenvalue weighted by Gasteiger charge is 2.11. The number of hydrogen-bond acceptors (Lipinski definition) is 3. The summed E-state index contributed by atoms with van der Waals surface area (Å²) in [7, 11) is 0. The summed E-state index contributed by atoms with van der Waals surface area (Å²) in [6.45, 7) is 0. The molecule has 0 fully saturated rings. The zero-order valence-corrected chi connectivity index (χ0v) is 11.2. The van der Waals surface area contributed by atoms with Crippen LogP contribution in [0.15, 0.2) is 22.0 Å². The van der Waals surface area contributed by atoms with Gasteiger partial charge in [0.2, 0.25) is 0 Å². The van der Waals surface area contributed by atoms with Gasteiger partial charge in [0.15, 0.2) is 0 Å². The van der Waals surface area contributed by atoms with Crippen LogP contribution >= 0.6 is 50.5 Å². The fraction of sp³-hybridized carbons (Fsp3) is 0. The number of thiazole rings is 1. The first-order chi connectivity index (χ1) is 7.08. The topological polar surface area (TPSA) is 38.9 Å². The highest BCUT2D eigenvalue weighted by atomic mass is 79.9. The maximum atomic E-state index is 6.05. The van der Waals surface area contributed by atoms with E-state index >= 15 is 0 Å². The number of nitrogens with zero attached hydrogens (tertiary/aromatic N) is 1. The molecule has 0 radical (unpaired) electrons. The maximum Gasteiger partial charge on any atom is 0.149 e. The summed E-state index contributed by atoms with van der Waals surface area (Å²) in [5.74, 6) is 0.473. The fourth-order valence-electron chi connectivity index (χ4n) is 1.09. The Morgan fingerprint density at radius 1 is 1.33 bits per heavy atom. The van der Waals surface area contributed by atoms with E-state index in [1.165, 1.54) is 11.3 Å². The Labute approximate surface area is 109 Å². The zero-order chi connectivity index (χ0) is 11.0. The van der Waals surface area contributed by atoms with Gasteiger partial charge in [0.05, 0.1) is 5.02 Å². The molecule has 0 saturated heterocycles. The number of halogens is 3. The Morgan fingerprint density at radius 2 is 2.07 bits per heavy atom. The Bertz CT molecular complexity index is 493. The molecule has 0 unspecified atom stereocenters. The van der Waals surface area contributed by atoms with Crippen molar-refractivity contribution in [2.45, 2.75) is 0 Å². The van der Waals surface area contributed by atoms with Crippen molar-refractivity contribution in [2.75, 3.05) is 5.73 Å². The van der Waals surface area contributed by atoms with E-state index < -0.39 is 0 Å². The largest absolute Gasteiger partial charge is 0.382 e. The Morgan fingerprint density at radius 3 is 2.60 bits per heavy atom. The van der Waals surface area contributed by atoms with Crippen molar-refractivity contribution in [1.82, 2.24) is 4.98 Å². The standard InChI is InChI=1S/C9H5BrCl2N2S/c10-7-8(13)14-9(15-7)5-2-1-4(11)3-6(5)12/h1-3H,13H2. The van der Waals surface area contributed by atoms with Crippen LogP contribution in [0, 0.1) is 0 Å². The summed E-state index contributed by atoms with van der Waals surface area (Å²) in [6, 6.07) is 5.29. The smallest absolute Gasteiger partial charge is 0.149 e. The monoisotopic (exact) mass is 322 g/mol. The van der Waals surface area contributed by atoms with Crippen LogP contribution in [-0.2, 0) is 0 Å². The van der Waals surface area contributed by atoms with Crippen molar-refractivity contribution >= 4 is 56.3 Å². The molecule has 0 saturated carbocycles. The summed E-state index contributed by atoms with van der Waals surface area (Å²) in [5.41, 5.74) is 6.48. The van der Waals surface area contributed by atoms with E-state index in [-0.39, 0.29) is 0 Å². The number of aromatic nitrogens is 1. The summed E-state index contributed by atoms with van der Waals surface area (Å²) < 4.78 is 0.809. The predicted octanol–water partition coefficient (Wildman–Crippen LogP) is 4.46. The Balaban J connectivity index is 2.54. The van der Waals surface area contributed by atoms with E-state index in [4.69, 9.17) is 28.9 Å². The van der Waals surface area contributed by atoms with Gasteiger partial charge in [-0.2, -0.15) is 0 Å². The van der Waals surface area contributed by atoms with E-state index in [9.17, 15) is 0 Å². The lowest BCUT2D eigenvalue weighted by Crippen LogP contribution is -1.85. The van der Waals surface area contributed by atoms with Crippen molar-refractivity contribution in [2.24, 2.45) is 0 Å². The molecule has 0 spiro atoms. The van der Waals surface area contributed by atoms with Crippen LogP contribution < -0.4 is 5.73 Å². The van der Waals surface area contributed by atoms with E-state index in [2.05, 4.69) is 20.9 Å². The van der Waals surface area contributed by atoms with Crippen molar-refractivity contribution in [1.29, 1.82) is 0 Å². The first-order valence-electron chi connectivity index (χ1n) is 3.95. The van der Waals surface area contributed by atoms with E-state index in [0.29, 0.717) is 15.9 Å². The summed E-state index contributed by atoms with van der Waals surface area (Å²) in [4.78, 5) is 4.19. The molecule has 1 aromatic heterocycles. The molecule has 2 rings (SSSR count). The Hall–Kier alpha value is -0.290. The second-order valence-corrected chi connectivity index (χ2v) is 5.96. The van der Waals surface area contributed by atoms with Crippen LogP contribution in [0.4, 0.5) is 5.82 Å².